The highest BCUT2D eigenvalue weighted by molar-refractivity contribution is 6.42. The van der Waals surface area contributed by atoms with Gasteiger partial charge in [-0.2, -0.15) is 0 Å². The zero-order valence-corrected chi connectivity index (χ0v) is 15.1. The molecule has 0 spiro atoms. The van der Waals surface area contributed by atoms with E-state index >= 15 is 0 Å². The van der Waals surface area contributed by atoms with Crippen LogP contribution in [0, 0.1) is 5.92 Å². The van der Waals surface area contributed by atoms with Crippen LogP contribution < -0.4 is 4.74 Å². The topological polar surface area (TPSA) is 25.6 Å². The van der Waals surface area contributed by atoms with Gasteiger partial charge in [-0.15, -0.1) is 0 Å². The Morgan fingerprint density at radius 2 is 2.08 bits per heavy atom. The molecular weight excluding hydrogens is 345 g/mol. The average molecular weight is 366 g/mol. The minimum atomic E-state index is 0.384. The molecule has 4 rings (SSSR count). The lowest BCUT2D eigenvalue weighted by molar-refractivity contribution is 0.0596. The minimum absolute atomic E-state index is 0.384. The van der Waals surface area contributed by atoms with Crippen LogP contribution in [0.4, 0.5) is 0 Å². The van der Waals surface area contributed by atoms with Crippen LogP contribution in [0.15, 0.2) is 41.0 Å². The van der Waals surface area contributed by atoms with Crippen molar-refractivity contribution in [3.8, 4) is 5.75 Å². The molecule has 2 saturated heterocycles. The van der Waals surface area contributed by atoms with E-state index in [1.807, 2.05) is 18.2 Å². The van der Waals surface area contributed by atoms with Gasteiger partial charge < -0.3 is 14.1 Å². The van der Waals surface area contributed by atoms with Gasteiger partial charge in [-0.1, -0.05) is 29.3 Å². The molecule has 2 unspecified atom stereocenters. The molecule has 0 saturated carbocycles. The lowest BCUT2D eigenvalue weighted by Crippen LogP contribution is -2.47. The zero-order valence-electron chi connectivity index (χ0n) is 13.6. The standard InChI is InChI=1S/C19H21Cl2NO2/c1-22-12-7-8-16(22)14(13(10-12)17-6-3-9-23-17)11-24-18-5-2-4-15(20)19(18)21/h2-6,9,12-14,16H,7-8,10-11H2,1H3/t12?,13-,14+,16?/m1/s1. The van der Waals surface area contributed by atoms with Crippen molar-refractivity contribution in [2.75, 3.05) is 13.7 Å². The number of halogens is 2. The van der Waals surface area contributed by atoms with E-state index in [0.29, 0.717) is 46.3 Å². The molecule has 2 aromatic rings. The van der Waals surface area contributed by atoms with Crippen LogP contribution in [0.1, 0.15) is 30.9 Å². The maximum absolute atomic E-state index is 6.27. The predicted octanol–water partition coefficient (Wildman–Crippen LogP) is 5.23. The van der Waals surface area contributed by atoms with Crippen molar-refractivity contribution in [1.29, 1.82) is 0 Å². The highest BCUT2D eigenvalue weighted by Crippen LogP contribution is 2.46. The third kappa shape index (κ3) is 2.83. The number of fused-ring (bicyclic) bond motifs is 2. The third-order valence-corrected chi connectivity index (χ3v) is 6.49. The van der Waals surface area contributed by atoms with E-state index < -0.39 is 0 Å². The van der Waals surface area contributed by atoms with Crippen molar-refractivity contribution in [1.82, 2.24) is 4.90 Å². The highest BCUT2D eigenvalue weighted by Gasteiger charge is 2.47. The number of hydrogen-bond donors (Lipinski definition) is 0. The van der Waals surface area contributed by atoms with Crippen LogP contribution in [0.25, 0.3) is 0 Å². The Morgan fingerprint density at radius 3 is 2.88 bits per heavy atom. The molecule has 0 aliphatic carbocycles. The summed E-state index contributed by atoms with van der Waals surface area (Å²) in [6.45, 7) is 0.618. The van der Waals surface area contributed by atoms with Crippen molar-refractivity contribution in [2.45, 2.75) is 37.3 Å². The lowest BCUT2D eigenvalue weighted by Gasteiger charge is -2.42. The first kappa shape index (κ1) is 16.3. The van der Waals surface area contributed by atoms with E-state index in [9.17, 15) is 0 Å². The molecule has 2 bridgehead atoms. The van der Waals surface area contributed by atoms with E-state index in [1.165, 1.54) is 12.8 Å². The van der Waals surface area contributed by atoms with Crippen LogP contribution in [-0.4, -0.2) is 30.6 Å². The Balaban J connectivity index is 1.57. The molecule has 1 aromatic heterocycles. The average Bonchev–Trinajstić information content (AvgIpc) is 3.17. The quantitative estimate of drug-likeness (QED) is 0.741. The molecular formula is C19H21Cl2NO2. The monoisotopic (exact) mass is 365 g/mol. The number of piperidine rings is 1. The van der Waals surface area contributed by atoms with Crippen molar-refractivity contribution in [3.05, 3.63) is 52.4 Å². The van der Waals surface area contributed by atoms with Crippen LogP contribution >= 0.6 is 23.2 Å². The SMILES string of the molecule is CN1C2CCC1[C@@H](COc1cccc(Cl)c1Cl)[C@H](c1ccco1)C2. The molecule has 2 aliphatic heterocycles. The van der Waals surface area contributed by atoms with E-state index in [-0.39, 0.29) is 0 Å². The molecule has 5 heteroatoms. The van der Waals surface area contributed by atoms with Crippen molar-refractivity contribution in [3.63, 3.8) is 0 Å². The van der Waals surface area contributed by atoms with E-state index in [0.717, 1.165) is 12.2 Å². The summed E-state index contributed by atoms with van der Waals surface area (Å²) in [5.74, 6) is 2.51. The van der Waals surface area contributed by atoms with E-state index in [2.05, 4.69) is 18.0 Å². The zero-order chi connectivity index (χ0) is 16.7. The molecule has 3 heterocycles. The Hall–Kier alpha value is -1.16. The Kier molecular flexibility index (Phi) is 4.50. The van der Waals surface area contributed by atoms with Crippen LogP contribution in [0.3, 0.4) is 0 Å². The van der Waals surface area contributed by atoms with Gasteiger partial charge in [-0.25, -0.2) is 0 Å². The smallest absolute Gasteiger partial charge is 0.139 e. The van der Waals surface area contributed by atoms with Crippen molar-refractivity contribution >= 4 is 23.2 Å². The first-order chi connectivity index (χ1) is 11.6. The van der Waals surface area contributed by atoms with Gasteiger partial charge in [-0.05, 0) is 50.6 Å². The summed E-state index contributed by atoms with van der Waals surface area (Å²) >= 11 is 12.4. The molecule has 128 valence electrons. The van der Waals surface area contributed by atoms with Crippen LogP contribution in [0.5, 0.6) is 5.75 Å². The lowest BCUT2D eigenvalue weighted by atomic mass is 9.79. The fraction of sp³-hybridized carbons (Fsp3) is 0.474. The molecule has 3 nitrogen and oxygen atoms in total. The molecule has 24 heavy (non-hydrogen) atoms. The number of furan rings is 1. The Bertz CT molecular complexity index is 703. The van der Waals surface area contributed by atoms with E-state index in [1.54, 1.807) is 12.3 Å². The second-order valence-electron chi connectivity index (χ2n) is 6.85. The molecule has 0 amide bonds. The summed E-state index contributed by atoms with van der Waals surface area (Å²) in [6, 6.07) is 10.8. The molecule has 2 fully saturated rings. The van der Waals surface area contributed by atoms with E-state index in [4.69, 9.17) is 32.4 Å². The summed E-state index contributed by atoms with van der Waals surface area (Å²) in [7, 11) is 2.24. The van der Waals surface area contributed by atoms with Gasteiger partial charge in [0.1, 0.15) is 16.5 Å². The molecule has 0 radical (unpaired) electrons. The second-order valence-corrected chi connectivity index (χ2v) is 7.63. The fourth-order valence-electron chi connectivity index (χ4n) is 4.42. The highest BCUT2D eigenvalue weighted by atomic mass is 35.5. The Morgan fingerprint density at radius 1 is 1.21 bits per heavy atom. The third-order valence-electron chi connectivity index (χ3n) is 5.69. The van der Waals surface area contributed by atoms with Gasteiger partial charge in [0.05, 0.1) is 17.9 Å². The van der Waals surface area contributed by atoms with Gasteiger partial charge in [0.25, 0.3) is 0 Å². The largest absolute Gasteiger partial charge is 0.492 e. The number of benzene rings is 1. The summed E-state index contributed by atoms with van der Waals surface area (Å²) < 4.78 is 11.8. The normalized spacial score (nSPS) is 29.8. The van der Waals surface area contributed by atoms with Crippen molar-refractivity contribution in [2.24, 2.45) is 5.92 Å². The van der Waals surface area contributed by atoms with Gasteiger partial charge >= 0.3 is 0 Å². The summed E-state index contributed by atoms with van der Waals surface area (Å²) in [5.41, 5.74) is 0. The van der Waals surface area contributed by atoms with Gasteiger partial charge in [0.2, 0.25) is 0 Å². The first-order valence-corrected chi connectivity index (χ1v) is 9.23. The molecule has 2 aliphatic rings. The second kappa shape index (κ2) is 6.62. The molecule has 1 aromatic carbocycles. The summed E-state index contributed by atoms with van der Waals surface area (Å²) in [5, 5.41) is 1.01. The van der Waals surface area contributed by atoms with Crippen LogP contribution in [0.2, 0.25) is 10.0 Å². The number of hydrogen-bond acceptors (Lipinski definition) is 3. The predicted molar refractivity (Wildman–Crippen MR) is 96.1 cm³/mol. The first-order valence-electron chi connectivity index (χ1n) is 8.47. The molecule has 0 N–H and O–H groups in total. The minimum Gasteiger partial charge on any atom is -0.492 e. The fourth-order valence-corrected chi connectivity index (χ4v) is 4.76. The Labute approximate surface area is 152 Å². The van der Waals surface area contributed by atoms with Crippen molar-refractivity contribution < 1.29 is 9.15 Å². The molecule has 4 atom stereocenters. The number of ether oxygens (including phenoxy) is 1. The van der Waals surface area contributed by atoms with Gasteiger partial charge in [-0.3, -0.25) is 0 Å². The summed E-state index contributed by atoms with van der Waals surface area (Å²) in [6.07, 6.45) is 5.36. The number of nitrogens with zero attached hydrogens (tertiary/aromatic N) is 1. The number of rotatable bonds is 4. The van der Waals surface area contributed by atoms with Crippen LogP contribution in [-0.2, 0) is 0 Å². The van der Waals surface area contributed by atoms with Gasteiger partial charge in [0.15, 0.2) is 0 Å². The maximum atomic E-state index is 6.27. The maximum Gasteiger partial charge on any atom is 0.139 e. The van der Waals surface area contributed by atoms with Gasteiger partial charge in [0, 0.05) is 23.9 Å². The summed E-state index contributed by atoms with van der Waals surface area (Å²) in [4.78, 5) is 2.52.